The second-order valence-corrected chi connectivity index (χ2v) is 4.57. The summed E-state index contributed by atoms with van der Waals surface area (Å²) in [7, 11) is 0. The molecule has 6 nitrogen and oxygen atoms in total. The zero-order valence-electron chi connectivity index (χ0n) is 11.5. The van der Waals surface area contributed by atoms with Crippen LogP contribution in [0.1, 0.15) is 47.5 Å². The third-order valence-electron chi connectivity index (χ3n) is 2.84. The maximum Gasteiger partial charge on any atom is 0.223 e. The highest BCUT2D eigenvalue weighted by atomic mass is 16.1. The number of hydrogen-bond donors (Lipinski definition) is 2. The van der Waals surface area contributed by atoms with Crippen molar-refractivity contribution in [1.82, 2.24) is 19.9 Å². The van der Waals surface area contributed by atoms with Gasteiger partial charge in [0.1, 0.15) is 5.82 Å². The molecule has 2 rings (SSSR count). The number of aromatic amines is 1. The monoisotopic (exact) mass is 259 g/mol. The number of anilines is 1. The third kappa shape index (κ3) is 2.96. The fourth-order valence-electron chi connectivity index (χ4n) is 1.80. The van der Waals surface area contributed by atoms with Crippen molar-refractivity contribution >= 4 is 11.7 Å². The molecule has 0 spiro atoms. The van der Waals surface area contributed by atoms with Crippen LogP contribution in [0.3, 0.4) is 0 Å². The Morgan fingerprint density at radius 3 is 2.58 bits per heavy atom. The van der Waals surface area contributed by atoms with E-state index in [4.69, 9.17) is 0 Å². The van der Waals surface area contributed by atoms with E-state index < -0.39 is 0 Å². The molecule has 6 heteroatoms. The molecule has 0 bridgehead atoms. The maximum atomic E-state index is 11.3. The largest absolute Gasteiger partial charge is 0.345 e. The number of imidazole rings is 1. The number of carbonyl (C=O) groups excluding carboxylic acids is 1. The Balaban J connectivity index is 2.15. The molecule has 0 aromatic carbocycles. The number of aromatic nitrogens is 4. The van der Waals surface area contributed by atoms with Crippen molar-refractivity contribution in [3.63, 3.8) is 0 Å². The minimum absolute atomic E-state index is 0.0289. The predicted octanol–water partition coefficient (Wildman–Crippen LogP) is 2.19. The molecule has 0 aliphatic carbocycles. The number of hydrogen-bond acceptors (Lipinski definition) is 5. The van der Waals surface area contributed by atoms with Crippen molar-refractivity contribution in [3.05, 3.63) is 35.2 Å². The normalized spacial score (nSPS) is 12.2. The Morgan fingerprint density at radius 1 is 1.32 bits per heavy atom. The molecule has 0 saturated heterocycles. The van der Waals surface area contributed by atoms with Gasteiger partial charge >= 0.3 is 0 Å². The Kier molecular flexibility index (Phi) is 3.59. The molecule has 19 heavy (non-hydrogen) atoms. The van der Waals surface area contributed by atoms with Gasteiger partial charge in [0.15, 0.2) is 5.78 Å². The van der Waals surface area contributed by atoms with Gasteiger partial charge in [-0.3, -0.25) is 4.79 Å². The number of rotatable bonds is 4. The fraction of sp³-hybridized carbons (Fsp3) is 0.385. The summed E-state index contributed by atoms with van der Waals surface area (Å²) in [4.78, 5) is 27.1. The fourth-order valence-corrected chi connectivity index (χ4v) is 1.80. The van der Waals surface area contributed by atoms with Crippen LogP contribution in [0.2, 0.25) is 0 Å². The number of ketones is 1. The molecule has 0 amide bonds. The first-order chi connectivity index (χ1) is 8.97. The van der Waals surface area contributed by atoms with Gasteiger partial charge in [-0.15, -0.1) is 0 Å². The van der Waals surface area contributed by atoms with E-state index in [0.717, 1.165) is 11.5 Å². The molecule has 1 atom stereocenters. The minimum atomic E-state index is -0.0312. The number of aryl methyl sites for hydroxylation is 2. The van der Waals surface area contributed by atoms with Crippen LogP contribution in [0.25, 0.3) is 0 Å². The summed E-state index contributed by atoms with van der Waals surface area (Å²) in [5.74, 6) is 1.29. The summed E-state index contributed by atoms with van der Waals surface area (Å²) in [6, 6.07) is -0.0312. The molecule has 2 aromatic rings. The average Bonchev–Trinajstić information content (AvgIpc) is 2.75. The van der Waals surface area contributed by atoms with Crippen LogP contribution in [0.4, 0.5) is 5.95 Å². The Labute approximate surface area is 111 Å². The highest BCUT2D eigenvalue weighted by Crippen LogP contribution is 2.15. The lowest BCUT2D eigenvalue weighted by atomic mass is 10.2. The van der Waals surface area contributed by atoms with Crippen molar-refractivity contribution < 1.29 is 4.79 Å². The molecule has 2 heterocycles. The zero-order chi connectivity index (χ0) is 14.0. The van der Waals surface area contributed by atoms with Crippen LogP contribution in [-0.4, -0.2) is 25.7 Å². The summed E-state index contributed by atoms with van der Waals surface area (Å²) >= 11 is 0. The predicted molar refractivity (Wildman–Crippen MR) is 72.1 cm³/mol. The lowest BCUT2D eigenvalue weighted by molar-refractivity contribution is 0.101. The van der Waals surface area contributed by atoms with Crippen molar-refractivity contribution in [2.75, 3.05) is 5.32 Å². The molecular formula is C13H17N5O. The number of H-pyrrole nitrogens is 1. The molecule has 2 N–H and O–H groups in total. The summed E-state index contributed by atoms with van der Waals surface area (Å²) in [6.07, 6.45) is 3.32. The van der Waals surface area contributed by atoms with Crippen molar-refractivity contribution in [2.45, 2.75) is 33.7 Å². The highest BCUT2D eigenvalue weighted by Gasteiger charge is 2.12. The van der Waals surface area contributed by atoms with Crippen molar-refractivity contribution in [1.29, 1.82) is 0 Å². The molecule has 0 fully saturated rings. The van der Waals surface area contributed by atoms with Crippen LogP contribution < -0.4 is 5.32 Å². The number of carbonyl (C=O) groups is 1. The van der Waals surface area contributed by atoms with Crippen molar-refractivity contribution in [3.8, 4) is 0 Å². The number of Topliss-reactive ketones (excluding diaryl/α,β-unsaturated/α-hetero) is 1. The second kappa shape index (κ2) is 5.17. The summed E-state index contributed by atoms with van der Waals surface area (Å²) < 4.78 is 0. The van der Waals surface area contributed by atoms with E-state index in [0.29, 0.717) is 17.2 Å². The van der Waals surface area contributed by atoms with E-state index >= 15 is 0 Å². The highest BCUT2D eigenvalue weighted by molar-refractivity contribution is 5.94. The molecule has 0 aliphatic heterocycles. The molecule has 0 aliphatic rings. The SMILES string of the molecule is CC(=O)c1cnc(NC(C)c2ncc(C)[nH]2)nc1C. The van der Waals surface area contributed by atoms with E-state index in [1.165, 1.54) is 6.92 Å². The summed E-state index contributed by atoms with van der Waals surface area (Å²) in [5, 5.41) is 3.15. The van der Waals surface area contributed by atoms with E-state index in [2.05, 4.69) is 25.3 Å². The summed E-state index contributed by atoms with van der Waals surface area (Å²) in [6.45, 7) is 7.22. The van der Waals surface area contributed by atoms with Crippen molar-refractivity contribution in [2.24, 2.45) is 0 Å². The first-order valence-electron chi connectivity index (χ1n) is 6.10. The lowest BCUT2D eigenvalue weighted by Crippen LogP contribution is -2.12. The Hall–Kier alpha value is -2.24. The van der Waals surface area contributed by atoms with Gasteiger partial charge in [-0.25, -0.2) is 15.0 Å². The molecule has 0 saturated carbocycles. The van der Waals surface area contributed by atoms with Crippen LogP contribution in [0, 0.1) is 13.8 Å². The topological polar surface area (TPSA) is 83.6 Å². The smallest absolute Gasteiger partial charge is 0.223 e. The Morgan fingerprint density at radius 2 is 2.05 bits per heavy atom. The third-order valence-corrected chi connectivity index (χ3v) is 2.84. The van der Waals surface area contributed by atoms with Crippen LogP contribution >= 0.6 is 0 Å². The number of nitrogens with one attached hydrogen (secondary N) is 2. The van der Waals surface area contributed by atoms with Gasteiger partial charge in [0.25, 0.3) is 0 Å². The Bertz CT molecular complexity index is 605. The van der Waals surface area contributed by atoms with Gasteiger partial charge in [-0.2, -0.15) is 0 Å². The molecular weight excluding hydrogens is 242 g/mol. The number of nitrogens with zero attached hydrogens (tertiary/aromatic N) is 3. The van der Waals surface area contributed by atoms with Gasteiger partial charge < -0.3 is 10.3 Å². The zero-order valence-corrected chi connectivity index (χ0v) is 11.5. The lowest BCUT2D eigenvalue weighted by Gasteiger charge is -2.12. The molecule has 1 unspecified atom stereocenters. The van der Waals surface area contributed by atoms with Gasteiger partial charge in [0, 0.05) is 18.1 Å². The van der Waals surface area contributed by atoms with Crippen LogP contribution in [-0.2, 0) is 0 Å². The molecule has 100 valence electrons. The van der Waals surface area contributed by atoms with Crippen LogP contribution in [0.15, 0.2) is 12.4 Å². The minimum Gasteiger partial charge on any atom is -0.345 e. The van der Waals surface area contributed by atoms with Gasteiger partial charge in [-0.1, -0.05) is 0 Å². The van der Waals surface area contributed by atoms with Gasteiger partial charge in [0.2, 0.25) is 5.95 Å². The van der Waals surface area contributed by atoms with E-state index in [1.807, 2.05) is 13.8 Å². The summed E-state index contributed by atoms with van der Waals surface area (Å²) in [5.41, 5.74) is 2.23. The van der Waals surface area contributed by atoms with E-state index in [-0.39, 0.29) is 11.8 Å². The average molecular weight is 259 g/mol. The van der Waals surface area contributed by atoms with E-state index in [1.54, 1.807) is 19.3 Å². The van der Waals surface area contributed by atoms with E-state index in [9.17, 15) is 4.79 Å². The van der Waals surface area contributed by atoms with Gasteiger partial charge in [-0.05, 0) is 27.7 Å². The quantitative estimate of drug-likeness (QED) is 0.822. The first-order valence-corrected chi connectivity index (χ1v) is 6.10. The van der Waals surface area contributed by atoms with Gasteiger partial charge in [0.05, 0.1) is 17.3 Å². The maximum absolute atomic E-state index is 11.3. The molecule has 2 aromatic heterocycles. The second-order valence-electron chi connectivity index (χ2n) is 4.57. The molecule has 0 radical (unpaired) electrons. The standard InChI is InChI=1S/C13H17N5O/c1-7-5-14-12(16-7)9(3)18-13-15-6-11(10(4)19)8(2)17-13/h5-6,9H,1-4H3,(H,14,16)(H,15,17,18). The van der Waals surface area contributed by atoms with Crippen LogP contribution in [0.5, 0.6) is 0 Å². The first kappa shape index (κ1) is 13.2.